The number of ketones is 1. The molecule has 0 fully saturated rings. The minimum atomic E-state index is 0.00309. The first-order valence-corrected chi connectivity index (χ1v) is 8.00. The SMILES string of the molecule is Cc1cc(C(=O)COc2ccc(-c3ccccc3)cc2)c(C)n1C. The minimum absolute atomic E-state index is 0.00309. The van der Waals surface area contributed by atoms with Crippen LogP contribution in [0.4, 0.5) is 0 Å². The fourth-order valence-corrected chi connectivity index (χ4v) is 2.74. The lowest BCUT2D eigenvalue weighted by molar-refractivity contribution is 0.0921. The summed E-state index contributed by atoms with van der Waals surface area (Å²) in [5.74, 6) is 0.705. The largest absolute Gasteiger partial charge is 0.485 e. The molecule has 0 aliphatic rings. The van der Waals surface area contributed by atoms with Crippen LogP contribution >= 0.6 is 0 Å². The number of aryl methyl sites for hydroxylation is 1. The Morgan fingerprint density at radius 2 is 1.58 bits per heavy atom. The third kappa shape index (κ3) is 3.25. The number of carbonyl (C=O) groups excluding carboxylic acids is 1. The number of hydrogen-bond donors (Lipinski definition) is 0. The Kier molecular flexibility index (Phi) is 4.52. The van der Waals surface area contributed by atoms with Gasteiger partial charge >= 0.3 is 0 Å². The molecule has 0 unspecified atom stereocenters. The van der Waals surface area contributed by atoms with Crippen molar-refractivity contribution >= 4 is 5.78 Å². The third-order valence-corrected chi connectivity index (χ3v) is 4.41. The van der Waals surface area contributed by atoms with E-state index in [1.165, 1.54) is 0 Å². The maximum atomic E-state index is 12.4. The molecule has 0 radical (unpaired) electrons. The average Bonchev–Trinajstić information content (AvgIpc) is 2.88. The van der Waals surface area contributed by atoms with Crippen molar-refractivity contribution in [3.8, 4) is 16.9 Å². The van der Waals surface area contributed by atoms with E-state index >= 15 is 0 Å². The molecular weight excluding hydrogens is 298 g/mol. The standard InChI is InChI=1S/C21H21NO2/c1-15-13-20(16(2)22(15)3)21(23)14-24-19-11-9-18(10-12-19)17-7-5-4-6-8-17/h4-13H,14H2,1-3H3. The van der Waals surface area contributed by atoms with E-state index in [1.807, 2.05) is 74.0 Å². The summed E-state index contributed by atoms with van der Waals surface area (Å²) in [6.45, 7) is 4.00. The predicted molar refractivity (Wildman–Crippen MR) is 96.6 cm³/mol. The van der Waals surface area contributed by atoms with E-state index in [4.69, 9.17) is 4.74 Å². The highest BCUT2D eigenvalue weighted by Gasteiger charge is 2.14. The fraction of sp³-hybridized carbons (Fsp3) is 0.190. The number of aromatic nitrogens is 1. The van der Waals surface area contributed by atoms with Gasteiger partial charge in [0.1, 0.15) is 5.75 Å². The van der Waals surface area contributed by atoms with Crippen LogP contribution in [-0.2, 0) is 7.05 Å². The lowest BCUT2D eigenvalue weighted by atomic mass is 10.1. The normalized spacial score (nSPS) is 10.6. The van der Waals surface area contributed by atoms with Crippen molar-refractivity contribution in [2.75, 3.05) is 6.61 Å². The topological polar surface area (TPSA) is 31.2 Å². The first-order chi connectivity index (χ1) is 11.6. The van der Waals surface area contributed by atoms with Gasteiger partial charge in [-0.2, -0.15) is 0 Å². The van der Waals surface area contributed by atoms with Gasteiger partial charge < -0.3 is 9.30 Å². The number of Topliss-reactive ketones (excluding diaryl/α,β-unsaturated/α-hetero) is 1. The summed E-state index contributed by atoms with van der Waals surface area (Å²) in [6.07, 6.45) is 0. The number of ether oxygens (including phenoxy) is 1. The molecule has 0 spiro atoms. The van der Waals surface area contributed by atoms with Crippen LogP contribution in [-0.4, -0.2) is 17.0 Å². The first-order valence-electron chi connectivity index (χ1n) is 8.00. The molecule has 3 aromatic rings. The molecule has 122 valence electrons. The van der Waals surface area contributed by atoms with Gasteiger partial charge in [0, 0.05) is 24.0 Å². The summed E-state index contributed by atoms with van der Waals surface area (Å²) in [5, 5.41) is 0. The zero-order valence-electron chi connectivity index (χ0n) is 14.2. The molecule has 0 amide bonds. The molecule has 0 aliphatic carbocycles. The molecule has 1 aromatic heterocycles. The summed E-state index contributed by atoms with van der Waals surface area (Å²) in [4.78, 5) is 12.4. The van der Waals surface area contributed by atoms with Crippen LogP contribution in [0.3, 0.4) is 0 Å². The van der Waals surface area contributed by atoms with Gasteiger partial charge in [-0.1, -0.05) is 42.5 Å². The minimum Gasteiger partial charge on any atom is -0.485 e. The molecule has 0 saturated heterocycles. The van der Waals surface area contributed by atoms with Crippen molar-refractivity contribution in [1.82, 2.24) is 4.57 Å². The number of nitrogens with zero attached hydrogens (tertiary/aromatic N) is 1. The monoisotopic (exact) mass is 319 g/mol. The predicted octanol–water partition coefficient (Wildman–Crippen LogP) is 4.57. The van der Waals surface area contributed by atoms with Gasteiger partial charge in [-0.05, 0) is 43.2 Å². The van der Waals surface area contributed by atoms with E-state index in [0.29, 0.717) is 5.75 Å². The van der Waals surface area contributed by atoms with Crippen LogP contribution in [0.15, 0.2) is 60.7 Å². The summed E-state index contributed by atoms with van der Waals surface area (Å²) < 4.78 is 7.67. The van der Waals surface area contributed by atoms with Gasteiger partial charge in [0.25, 0.3) is 0 Å². The Morgan fingerprint density at radius 1 is 0.958 bits per heavy atom. The van der Waals surface area contributed by atoms with Gasteiger partial charge in [0.2, 0.25) is 5.78 Å². The van der Waals surface area contributed by atoms with E-state index in [1.54, 1.807) is 0 Å². The fourth-order valence-electron chi connectivity index (χ4n) is 2.74. The second kappa shape index (κ2) is 6.75. The first kappa shape index (κ1) is 16.1. The molecule has 0 aliphatic heterocycles. The summed E-state index contributed by atoms with van der Waals surface area (Å²) in [6, 6.07) is 19.9. The Bertz CT molecular complexity index is 846. The number of benzene rings is 2. The molecule has 3 nitrogen and oxygen atoms in total. The van der Waals surface area contributed by atoms with Crippen molar-refractivity contribution in [1.29, 1.82) is 0 Å². The van der Waals surface area contributed by atoms with Crippen molar-refractivity contribution in [2.45, 2.75) is 13.8 Å². The highest BCUT2D eigenvalue weighted by atomic mass is 16.5. The van der Waals surface area contributed by atoms with Gasteiger partial charge in [-0.3, -0.25) is 4.79 Å². The molecule has 0 bridgehead atoms. The molecule has 3 rings (SSSR count). The van der Waals surface area contributed by atoms with E-state index in [-0.39, 0.29) is 12.4 Å². The van der Waals surface area contributed by atoms with E-state index in [2.05, 4.69) is 12.1 Å². The van der Waals surface area contributed by atoms with Crippen LogP contribution < -0.4 is 4.74 Å². The van der Waals surface area contributed by atoms with Gasteiger partial charge in [-0.15, -0.1) is 0 Å². The zero-order valence-corrected chi connectivity index (χ0v) is 14.2. The molecule has 24 heavy (non-hydrogen) atoms. The molecular formula is C21H21NO2. The van der Waals surface area contributed by atoms with Crippen LogP contribution in [0, 0.1) is 13.8 Å². The van der Waals surface area contributed by atoms with Crippen LogP contribution in [0.25, 0.3) is 11.1 Å². The Balaban J connectivity index is 1.66. The van der Waals surface area contributed by atoms with Crippen LogP contribution in [0.2, 0.25) is 0 Å². The maximum absolute atomic E-state index is 12.4. The van der Waals surface area contributed by atoms with E-state index in [9.17, 15) is 4.79 Å². The van der Waals surface area contributed by atoms with Crippen molar-refractivity contribution < 1.29 is 9.53 Å². The quantitative estimate of drug-likeness (QED) is 0.645. The molecule has 0 saturated carbocycles. The van der Waals surface area contributed by atoms with E-state index in [0.717, 1.165) is 28.1 Å². The number of hydrogen-bond acceptors (Lipinski definition) is 2. The average molecular weight is 319 g/mol. The Hall–Kier alpha value is -2.81. The summed E-state index contributed by atoms with van der Waals surface area (Å²) in [5.41, 5.74) is 5.07. The lowest BCUT2D eigenvalue weighted by Gasteiger charge is -2.07. The van der Waals surface area contributed by atoms with Crippen LogP contribution in [0.5, 0.6) is 5.75 Å². The number of carbonyl (C=O) groups is 1. The molecule has 0 atom stereocenters. The van der Waals surface area contributed by atoms with Gasteiger partial charge in [0.15, 0.2) is 6.61 Å². The highest BCUT2D eigenvalue weighted by Crippen LogP contribution is 2.22. The van der Waals surface area contributed by atoms with Crippen molar-refractivity contribution in [3.63, 3.8) is 0 Å². The van der Waals surface area contributed by atoms with Crippen molar-refractivity contribution in [2.24, 2.45) is 7.05 Å². The number of rotatable bonds is 5. The maximum Gasteiger partial charge on any atom is 0.202 e. The van der Waals surface area contributed by atoms with Crippen LogP contribution in [0.1, 0.15) is 21.7 Å². The highest BCUT2D eigenvalue weighted by molar-refractivity contribution is 5.98. The second-order valence-corrected chi connectivity index (χ2v) is 5.95. The third-order valence-electron chi connectivity index (χ3n) is 4.41. The molecule has 0 N–H and O–H groups in total. The van der Waals surface area contributed by atoms with Crippen molar-refractivity contribution in [3.05, 3.63) is 77.6 Å². The second-order valence-electron chi connectivity index (χ2n) is 5.95. The molecule has 1 heterocycles. The summed E-state index contributed by atoms with van der Waals surface area (Å²) >= 11 is 0. The molecule has 2 aromatic carbocycles. The Morgan fingerprint density at radius 3 is 2.17 bits per heavy atom. The zero-order chi connectivity index (χ0) is 17.1. The summed E-state index contributed by atoms with van der Waals surface area (Å²) in [7, 11) is 1.96. The van der Waals surface area contributed by atoms with E-state index < -0.39 is 0 Å². The lowest BCUT2D eigenvalue weighted by Crippen LogP contribution is -2.12. The molecule has 3 heteroatoms. The Labute approximate surface area is 142 Å². The van der Waals surface area contributed by atoms with Gasteiger partial charge in [0.05, 0.1) is 0 Å². The smallest absolute Gasteiger partial charge is 0.202 e. The van der Waals surface area contributed by atoms with Gasteiger partial charge in [-0.25, -0.2) is 0 Å².